The molecule has 1 aromatic rings. The molecule has 2 saturated heterocycles. The van der Waals surface area contributed by atoms with Gasteiger partial charge in [-0.05, 0) is 49.4 Å². The Hall–Kier alpha value is -1.08. The smallest absolute Gasteiger partial charge is 0.205 e. The summed E-state index contributed by atoms with van der Waals surface area (Å²) in [5.74, 6) is -1.75. The molecule has 5 aliphatic carbocycles. The van der Waals surface area contributed by atoms with Crippen molar-refractivity contribution < 1.29 is 19.7 Å². The zero-order valence-corrected chi connectivity index (χ0v) is 17.9. The minimum atomic E-state index is -1.79. The maximum Gasteiger partial charge on any atom is 0.205 e. The predicted octanol–water partition coefficient (Wildman–Crippen LogP) is 2.38. The number of ether oxygens (including phenoxy) is 1. The van der Waals surface area contributed by atoms with E-state index in [2.05, 4.69) is 20.4 Å². The van der Waals surface area contributed by atoms with Gasteiger partial charge in [-0.25, -0.2) is 4.98 Å². The molecule has 2 bridgehead atoms. The molecule has 0 aromatic carbocycles. The molecule has 29 heavy (non-hydrogen) atoms. The fourth-order valence-electron chi connectivity index (χ4n) is 9.29. The lowest BCUT2D eigenvalue weighted by atomic mass is 9.23. The zero-order valence-electron chi connectivity index (χ0n) is 17.1. The van der Waals surface area contributed by atoms with Crippen molar-refractivity contribution in [1.82, 2.24) is 4.98 Å². The first-order chi connectivity index (χ1) is 13.6. The number of fused-ring (bicyclic) bond motifs is 2. The number of aromatic nitrogens is 1. The number of rotatable bonds is 0. The SMILES string of the molecule is C=C1C2CCC3[C@@]45CO[C@](O)([C@@H](O)C4C(C)(C)Cc4sc(C)nc45)[C@]34C(=O)[C@H]1[C@H]24. The lowest BCUT2D eigenvalue weighted by Gasteiger charge is -2.82. The van der Waals surface area contributed by atoms with E-state index in [1.54, 1.807) is 11.3 Å². The number of aliphatic hydroxyl groups is 2. The van der Waals surface area contributed by atoms with Crippen LogP contribution in [0.4, 0.5) is 0 Å². The number of carbonyl (C=O) groups excluding carboxylic acids is 1. The Balaban J connectivity index is 1.54. The van der Waals surface area contributed by atoms with Crippen molar-refractivity contribution in [3.05, 3.63) is 27.7 Å². The molecule has 2 N–H and O–H groups in total. The van der Waals surface area contributed by atoms with Crippen LogP contribution in [0.2, 0.25) is 0 Å². The number of allylic oxidation sites excluding steroid dienone is 1. The van der Waals surface area contributed by atoms with E-state index in [4.69, 9.17) is 9.72 Å². The topological polar surface area (TPSA) is 79.7 Å². The molecule has 0 amide bonds. The van der Waals surface area contributed by atoms with Crippen molar-refractivity contribution in [1.29, 1.82) is 0 Å². The maximum atomic E-state index is 13.7. The lowest BCUT2D eigenvalue weighted by molar-refractivity contribution is -0.448. The van der Waals surface area contributed by atoms with Crippen LogP contribution in [0.25, 0.3) is 0 Å². The third-order valence-corrected chi connectivity index (χ3v) is 10.9. The van der Waals surface area contributed by atoms with Crippen LogP contribution < -0.4 is 0 Å². The molecule has 4 saturated carbocycles. The molecular weight excluding hydrogens is 386 g/mol. The van der Waals surface area contributed by atoms with Crippen LogP contribution in [-0.4, -0.2) is 39.5 Å². The number of thiazole rings is 1. The van der Waals surface area contributed by atoms with E-state index in [-0.39, 0.29) is 40.8 Å². The molecule has 9 atom stereocenters. The number of Topliss-reactive ketones (excluding diaryl/α,β-unsaturated/α-hetero) is 1. The summed E-state index contributed by atoms with van der Waals surface area (Å²) < 4.78 is 6.18. The summed E-state index contributed by atoms with van der Waals surface area (Å²) >= 11 is 1.74. The Morgan fingerprint density at radius 2 is 2.07 bits per heavy atom. The molecular formula is C23H27NO4S. The lowest BCUT2D eigenvalue weighted by Crippen LogP contribution is -2.92. The Morgan fingerprint density at radius 3 is 2.83 bits per heavy atom. The van der Waals surface area contributed by atoms with Crippen LogP contribution in [0.3, 0.4) is 0 Å². The summed E-state index contributed by atoms with van der Waals surface area (Å²) in [6, 6.07) is 0. The van der Waals surface area contributed by atoms with E-state index in [9.17, 15) is 15.0 Å². The van der Waals surface area contributed by atoms with E-state index in [1.165, 1.54) is 4.88 Å². The van der Waals surface area contributed by atoms with Crippen molar-refractivity contribution in [2.45, 2.75) is 57.3 Å². The van der Waals surface area contributed by atoms with Gasteiger partial charge in [-0.15, -0.1) is 11.3 Å². The van der Waals surface area contributed by atoms with Crippen molar-refractivity contribution in [3.63, 3.8) is 0 Å². The summed E-state index contributed by atoms with van der Waals surface area (Å²) in [7, 11) is 0. The van der Waals surface area contributed by atoms with Gasteiger partial charge in [0.25, 0.3) is 0 Å². The van der Waals surface area contributed by atoms with Gasteiger partial charge in [0.15, 0.2) is 5.78 Å². The maximum absolute atomic E-state index is 13.7. The number of hydrogen-bond donors (Lipinski definition) is 2. The highest BCUT2D eigenvalue weighted by Gasteiger charge is 2.91. The van der Waals surface area contributed by atoms with Crippen LogP contribution in [0, 0.1) is 47.3 Å². The second kappa shape index (κ2) is 4.57. The first-order valence-corrected chi connectivity index (χ1v) is 11.7. The largest absolute Gasteiger partial charge is 0.387 e. The molecule has 6 heteroatoms. The van der Waals surface area contributed by atoms with Gasteiger partial charge in [0.2, 0.25) is 5.79 Å². The molecule has 5 nitrogen and oxygen atoms in total. The molecule has 1 aromatic heterocycles. The van der Waals surface area contributed by atoms with E-state index >= 15 is 0 Å². The predicted molar refractivity (Wildman–Crippen MR) is 106 cm³/mol. The van der Waals surface area contributed by atoms with Crippen LogP contribution >= 0.6 is 11.3 Å². The first-order valence-electron chi connectivity index (χ1n) is 10.9. The van der Waals surface area contributed by atoms with E-state index in [0.717, 1.165) is 35.5 Å². The molecule has 3 heterocycles. The third-order valence-electron chi connectivity index (χ3n) is 9.92. The molecule has 0 radical (unpaired) electrons. The van der Waals surface area contributed by atoms with Gasteiger partial charge < -0.3 is 14.9 Å². The minimum absolute atomic E-state index is 0.0277. The Kier molecular flexibility index (Phi) is 2.77. The molecule has 6 fully saturated rings. The van der Waals surface area contributed by atoms with Crippen molar-refractivity contribution in [2.24, 2.45) is 40.4 Å². The van der Waals surface area contributed by atoms with Crippen LogP contribution in [-0.2, 0) is 21.4 Å². The molecule has 2 aliphatic heterocycles. The highest BCUT2D eigenvalue weighted by atomic mass is 32.1. The number of nitrogens with zero attached hydrogens (tertiary/aromatic N) is 1. The normalized spacial score (nSPS) is 55.2. The number of carbonyl (C=O) groups is 1. The second-order valence-corrected chi connectivity index (χ2v) is 12.5. The van der Waals surface area contributed by atoms with Crippen molar-refractivity contribution in [2.75, 3.05) is 6.61 Å². The second-order valence-electron chi connectivity index (χ2n) is 11.2. The molecule has 2 spiro atoms. The number of ketones is 1. The minimum Gasteiger partial charge on any atom is -0.387 e. The van der Waals surface area contributed by atoms with Gasteiger partial charge in [0.05, 0.1) is 22.7 Å². The van der Waals surface area contributed by atoms with E-state index in [0.29, 0.717) is 6.61 Å². The fourth-order valence-corrected chi connectivity index (χ4v) is 10.6. The summed E-state index contributed by atoms with van der Waals surface area (Å²) in [5.41, 5.74) is 0.359. The third kappa shape index (κ3) is 1.41. The molecule has 3 unspecified atom stereocenters. The Labute approximate surface area is 174 Å². The average Bonchev–Trinajstić information content (AvgIpc) is 3.00. The monoisotopic (exact) mass is 413 g/mol. The fraction of sp³-hybridized carbons (Fsp3) is 0.739. The highest BCUT2D eigenvalue weighted by Crippen LogP contribution is 2.83. The van der Waals surface area contributed by atoms with Gasteiger partial charge in [-0.2, -0.15) is 0 Å². The molecule has 154 valence electrons. The Bertz CT molecular complexity index is 1030. The molecule has 7 aliphatic rings. The van der Waals surface area contributed by atoms with Gasteiger partial charge in [0, 0.05) is 22.1 Å². The first kappa shape index (κ1) is 17.6. The average molecular weight is 414 g/mol. The van der Waals surface area contributed by atoms with Gasteiger partial charge in [-0.3, -0.25) is 4.79 Å². The van der Waals surface area contributed by atoms with Crippen LogP contribution in [0.5, 0.6) is 0 Å². The summed E-state index contributed by atoms with van der Waals surface area (Å²) in [6.45, 7) is 10.9. The number of aliphatic hydroxyl groups excluding tert-OH is 1. The highest BCUT2D eigenvalue weighted by molar-refractivity contribution is 7.11. The van der Waals surface area contributed by atoms with Crippen molar-refractivity contribution >= 4 is 17.1 Å². The number of aryl methyl sites for hydroxylation is 1. The van der Waals surface area contributed by atoms with Crippen LogP contribution in [0.1, 0.15) is 42.3 Å². The van der Waals surface area contributed by atoms with Crippen molar-refractivity contribution in [3.8, 4) is 0 Å². The Morgan fingerprint density at radius 1 is 1.31 bits per heavy atom. The standard InChI is InChI=1S/C23H27NO4S/c1-9-11-5-6-13-21-8-28-23(27,22(13)15(11)14(9)18(22)25)19(26)16(21)20(3,4)7-12-17(21)24-10(2)29-12/h11,13-16,19,26-27H,1,5-8H2,2-4H3/t11?,13?,14-,15+,16?,19+,21+,22-,23-/m1/s1. The van der Waals surface area contributed by atoms with Gasteiger partial charge in [0.1, 0.15) is 6.10 Å². The molecule has 8 rings (SSSR count). The van der Waals surface area contributed by atoms with E-state index in [1.807, 2.05) is 6.92 Å². The summed E-state index contributed by atoms with van der Waals surface area (Å²) in [5, 5.41) is 24.6. The zero-order chi connectivity index (χ0) is 20.3. The summed E-state index contributed by atoms with van der Waals surface area (Å²) in [6.07, 6.45) is 1.63. The van der Waals surface area contributed by atoms with E-state index < -0.39 is 22.7 Å². The van der Waals surface area contributed by atoms with Crippen LogP contribution in [0.15, 0.2) is 12.2 Å². The summed E-state index contributed by atoms with van der Waals surface area (Å²) in [4.78, 5) is 19.9. The van der Waals surface area contributed by atoms with Gasteiger partial charge in [-0.1, -0.05) is 26.0 Å². The van der Waals surface area contributed by atoms with Gasteiger partial charge >= 0.3 is 0 Å². The quantitative estimate of drug-likeness (QED) is 0.639. The number of hydrogen-bond acceptors (Lipinski definition) is 6.